The zero-order chi connectivity index (χ0) is 15.9. The molecule has 4 heteroatoms. The Morgan fingerprint density at radius 1 is 1.00 bits per heavy atom. The van der Waals surface area contributed by atoms with Crippen molar-refractivity contribution in [3.63, 3.8) is 0 Å². The molecular formula is C18H21NO3. The summed E-state index contributed by atoms with van der Waals surface area (Å²) in [7, 11) is 3.27. The van der Waals surface area contributed by atoms with Gasteiger partial charge in [0.1, 0.15) is 11.5 Å². The molecule has 2 aromatic rings. The molecule has 2 aromatic carbocycles. The lowest BCUT2D eigenvalue weighted by molar-refractivity contribution is -0.120. The van der Waals surface area contributed by atoms with E-state index in [-0.39, 0.29) is 5.91 Å². The first-order chi connectivity index (χ1) is 10.6. The Bertz CT molecular complexity index is 635. The van der Waals surface area contributed by atoms with Crippen LogP contribution < -0.4 is 14.8 Å². The monoisotopic (exact) mass is 299 g/mol. The van der Waals surface area contributed by atoms with Crippen molar-refractivity contribution in [3.05, 3.63) is 59.2 Å². The number of aryl methyl sites for hydroxylation is 1. The van der Waals surface area contributed by atoms with Gasteiger partial charge in [0.25, 0.3) is 0 Å². The molecule has 0 aliphatic carbocycles. The summed E-state index contributed by atoms with van der Waals surface area (Å²) in [6.07, 6.45) is 0.360. The number of hydrogen-bond donors (Lipinski definition) is 1. The van der Waals surface area contributed by atoms with E-state index in [1.807, 2.05) is 49.4 Å². The van der Waals surface area contributed by atoms with Gasteiger partial charge in [-0.3, -0.25) is 4.79 Å². The molecule has 0 bridgehead atoms. The van der Waals surface area contributed by atoms with Gasteiger partial charge in [-0.05, 0) is 41.8 Å². The molecule has 0 saturated heterocycles. The molecule has 1 amide bonds. The van der Waals surface area contributed by atoms with Crippen LogP contribution in [0.25, 0.3) is 0 Å². The minimum atomic E-state index is -0.00126. The number of benzene rings is 2. The molecule has 0 fully saturated rings. The van der Waals surface area contributed by atoms with Crippen LogP contribution in [0.1, 0.15) is 16.7 Å². The topological polar surface area (TPSA) is 47.6 Å². The summed E-state index contributed by atoms with van der Waals surface area (Å²) in [4.78, 5) is 12.0. The normalized spacial score (nSPS) is 10.1. The highest BCUT2D eigenvalue weighted by Gasteiger charge is 2.05. The van der Waals surface area contributed by atoms with E-state index >= 15 is 0 Å². The van der Waals surface area contributed by atoms with Crippen LogP contribution in [0.4, 0.5) is 0 Å². The number of rotatable bonds is 6. The molecule has 2 rings (SSSR count). The van der Waals surface area contributed by atoms with E-state index < -0.39 is 0 Å². The maximum Gasteiger partial charge on any atom is 0.224 e. The number of amides is 1. The third-order valence-electron chi connectivity index (χ3n) is 3.47. The lowest BCUT2D eigenvalue weighted by Crippen LogP contribution is -2.24. The van der Waals surface area contributed by atoms with Crippen molar-refractivity contribution in [1.29, 1.82) is 0 Å². The SMILES string of the molecule is COc1ccc(CC(=O)NCc2ccc(OC)c(C)c2)cc1. The van der Waals surface area contributed by atoms with Gasteiger partial charge in [-0.1, -0.05) is 24.3 Å². The molecule has 0 aliphatic heterocycles. The fourth-order valence-corrected chi connectivity index (χ4v) is 2.24. The second-order valence-electron chi connectivity index (χ2n) is 5.11. The van der Waals surface area contributed by atoms with Crippen LogP contribution in [0.2, 0.25) is 0 Å². The van der Waals surface area contributed by atoms with Crippen molar-refractivity contribution in [1.82, 2.24) is 5.32 Å². The first-order valence-corrected chi connectivity index (χ1v) is 7.15. The van der Waals surface area contributed by atoms with Crippen LogP contribution in [0.5, 0.6) is 11.5 Å². The fourth-order valence-electron chi connectivity index (χ4n) is 2.24. The number of methoxy groups -OCH3 is 2. The third-order valence-corrected chi connectivity index (χ3v) is 3.47. The van der Waals surface area contributed by atoms with E-state index in [1.54, 1.807) is 14.2 Å². The predicted octanol–water partition coefficient (Wildman–Crippen LogP) is 2.87. The maximum absolute atomic E-state index is 12.0. The second kappa shape index (κ2) is 7.50. The van der Waals surface area contributed by atoms with Crippen LogP contribution in [-0.2, 0) is 17.8 Å². The smallest absolute Gasteiger partial charge is 0.224 e. The number of ether oxygens (including phenoxy) is 2. The molecule has 116 valence electrons. The Balaban J connectivity index is 1.88. The first-order valence-electron chi connectivity index (χ1n) is 7.15. The average molecular weight is 299 g/mol. The molecular weight excluding hydrogens is 278 g/mol. The molecule has 1 N–H and O–H groups in total. The van der Waals surface area contributed by atoms with Crippen molar-refractivity contribution < 1.29 is 14.3 Å². The Kier molecular flexibility index (Phi) is 5.42. The van der Waals surface area contributed by atoms with Gasteiger partial charge in [0.05, 0.1) is 20.6 Å². The van der Waals surface area contributed by atoms with E-state index in [1.165, 1.54) is 0 Å². The Hall–Kier alpha value is -2.49. The van der Waals surface area contributed by atoms with Gasteiger partial charge < -0.3 is 14.8 Å². The highest BCUT2D eigenvalue weighted by atomic mass is 16.5. The Labute approximate surface area is 131 Å². The van der Waals surface area contributed by atoms with Gasteiger partial charge >= 0.3 is 0 Å². The minimum absolute atomic E-state index is 0.00126. The molecule has 0 aromatic heterocycles. The summed E-state index contributed by atoms with van der Waals surface area (Å²) in [5.41, 5.74) is 3.08. The summed E-state index contributed by atoms with van der Waals surface area (Å²) in [6, 6.07) is 13.4. The van der Waals surface area contributed by atoms with Gasteiger partial charge in [0, 0.05) is 6.54 Å². The largest absolute Gasteiger partial charge is 0.497 e. The molecule has 0 saturated carbocycles. The summed E-state index contributed by atoms with van der Waals surface area (Å²) >= 11 is 0. The van der Waals surface area contributed by atoms with Crippen molar-refractivity contribution in [2.45, 2.75) is 19.9 Å². The van der Waals surface area contributed by atoms with E-state index in [4.69, 9.17) is 9.47 Å². The van der Waals surface area contributed by atoms with E-state index in [0.29, 0.717) is 13.0 Å². The number of nitrogens with one attached hydrogen (secondary N) is 1. The third kappa shape index (κ3) is 4.25. The summed E-state index contributed by atoms with van der Waals surface area (Å²) in [6.45, 7) is 2.50. The molecule has 0 spiro atoms. The molecule has 4 nitrogen and oxygen atoms in total. The van der Waals surface area contributed by atoms with Gasteiger partial charge in [0.15, 0.2) is 0 Å². The van der Waals surface area contributed by atoms with Crippen LogP contribution >= 0.6 is 0 Å². The van der Waals surface area contributed by atoms with Gasteiger partial charge in [-0.2, -0.15) is 0 Å². The van der Waals surface area contributed by atoms with E-state index in [9.17, 15) is 4.79 Å². The number of hydrogen-bond acceptors (Lipinski definition) is 3. The molecule has 0 atom stereocenters. The molecule has 0 heterocycles. The van der Waals surface area contributed by atoms with Crippen molar-refractivity contribution in [2.75, 3.05) is 14.2 Å². The van der Waals surface area contributed by atoms with Crippen LogP contribution in [0, 0.1) is 6.92 Å². The number of carbonyl (C=O) groups is 1. The lowest BCUT2D eigenvalue weighted by Gasteiger charge is -2.09. The van der Waals surface area contributed by atoms with E-state index in [0.717, 1.165) is 28.2 Å². The van der Waals surface area contributed by atoms with Crippen LogP contribution in [0.15, 0.2) is 42.5 Å². The zero-order valence-electron chi connectivity index (χ0n) is 13.2. The quantitative estimate of drug-likeness (QED) is 0.892. The second-order valence-corrected chi connectivity index (χ2v) is 5.11. The molecule has 0 aliphatic rings. The average Bonchev–Trinajstić information content (AvgIpc) is 2.54. The summed E-state index contributed by atoms with van der Waals surface area (Å²) in [5, 5.41) is 2.93. The van der Waals surface area contributed by atoms with Gasteiger partial charge in [-0.25, -0.2) is 0 Å². The van der Waals surface area contributed by atoms with Crippen LogP contribution in [-0.4, -0.2) is 20.1 Å². The van der Waals surface area contributed by atoms with Crippen molar-refractivity contribution in [2.24, 2.45) is 0 Å². The summed E-state index contributed by atoms with van der Waals surface area (Å²) < 4.78 is 10.3. The summed E-state index contributed by atoms with van der Waals surface area (Å²) in [5.74, 6) is 1.64. The Morgan fingerprint density at radius 2 is 1.68 bits per heavy atom. The standard InChI is InChI=1S/C18H21NO3/c1-13-10-15(6-9-17(13)22-3)12-19-18(20)11-14-4-7-16(21-2)8-5-14/h4-10H,11-12H2,1-3H3,(H,19,20). The maximum atomic E-state index is 12.0. The Morgan fingerprint density at radius 3 is 2.27 bits per heavy atom. The fraction of sp³-hybridized carbons (Fsp3) is 0.278. The highest BCUT2D eigenvalue weighted by Crippen LogP contribution is 2.18. The highest BCUT2D eigenvalue weighted by molar-refractivity contribution is 5.78. The molecule has 0 unspecified atom stereocenters. The van der Waals surface area contributed by atoms with Gasteiger partial charge in [-0.15, -0.1) is 0 Å². The predicted molar refractivity (Wildman–Crippen MR) is 86.3 cm³/mol. The van der Waals surface area contributed by atoms with E-state index in [2.05, 4.69) is 5.32 Å². The van der Waals surface area contributed by atoms with Crippen molar-refractivity contribution >= 4 is 5.91 Å². The van der Waals surface area contributed by atoms with Gasteiger partial charge in [0.2, 0.25) is 5.91 Å². The number of carbonyl (C=O) groups excluding carboxylic acids is 1. The molecule has 0 radical (unpaired) electrons. The minimum Gasteiger partial charge on any atom is -0.497 e. The van der Waals surface area contributed by atoms with Crippen molar-refractivity contribution in [3.8, 4) is 11.5 Å². The lowest BCUT2D eigenvalue weighted by atomic mass is 10.1. The zero-order valence-corrected chi connectivity index (χ0v) is 13.2. The first kappa shape index (κ1) is 15.9. The van der Waals surface area contributed by atoms with Crippen LogP contribution in [0.3, 0.4) is 0 Å². The molecule has 22 heavy (non-hydrogen) atoms.